The molecule has 6 heteroatoms. The van der Waals surface area contributed by atoms with Crippen molar-refractivity contribution in [1.29, 1.82) is 0 Å². The average Bonchev–Trinajstić information content (AvgIpc) is 3.34. The van der Waals surface area contributed by atoms with E-state index in [4.69, 9.17) is 0 Å². The summed E-state index contributed by atoms with van der Waals surface area (Å²) >= 11 is 3.76. The summed E-state index contributed by atoms with van der Waals surface area (Å²) in [6.07, 6.45) is 12.9. The lowest BCUT2D eigenvalue weighted by Crippen LogP contribution is -2.36. The summed E-state index contributed by atoms with van der Waals surface area (Å²) in [6, 6.07) is 5.71. The van der Waals surface area contributed by atoms with Crippen molar-refractivity contribution in [1.82, 2.24) is 19.7 Å². The first-order valence-electron chi connectivity index (χ1n) is 10.6. The van der Waals surface area contributed by atoms with Crippen LogP contribution in [0.4, 0.5) is 0 Å². The Morgan fingerprint density at radius 1 is 1.11 bits per heavy atom. The van der Waals surface area contributed by atoms with Crippen LogP contribution in [0.2, 0.25) is 0 Å². The summed E-state index contributed by atoms with van der Waals surface area (Å²) in [5.74, 6) is 2.32. The Kier molecular flexibility index (Phi) is 6.90. The van der Waals surface area contributed by atoms with Gasteiger partial charge in [-0.15, -0.1) is 21.5 Å². The van der Waals surface area contributed by atoms with Gasteiger partial charge in [-0.05, 0) is 57.1 Å². The fraction of sp³-hybridized carbons (Fsp3) is 0.714. The van der Waals surface area contributed by atoms with E-state index in [1.54, 1.807) is 0 Å². The number of rotatable bonds is 7. The molecule has 148 valence electrons. The number of aromatic nitrogens is 3. The zero-order valence-electron chi connectivity index (χ0n) is 16.5. The van der Waals surface area contributed by atoms with Crippen LogP contribution < -0.4 is 0 Å². The van der Waals surface area contributed by atoms with Crippen LogP contribution in [0.5, 0.6) is 0 Å². The molecule has 1 aliphatic carbocycles. The van der Waals surface area contributed by atoms with E-state index in [2.05, 4.69) is 44.2 Å². The number of piperidine rings is 1. The Hall–Kier alpha value is -0.850. The third-order valence-electron chi connectivity index (χ3n) is 6.19. The molecule has 4 nitrogen and oxygen atoms in total. The van der Waals surface area contributed by atoms with Gasteiger partial charge in [-0.25, -0.2) is 0 Å². The zero-order valence-corrected chi connectivity index (χ0v) is 18.1. The highest BCUT2D eigenvalue weighted by Gasteiger charge is 2.24. The van der Waals surface area contributed by atoms with Crippen LogP contribution in [-0.4, -0.2) is 45.1 Å². The molecule has 3 heterocycles. The first-order chi connectivity index (χ1) is 13.3. The molecular weight excluding hydrogens is 372 g/mol. The molecule has 2 fully saturated rings. The van der Waals surface area contributed by atoms with Gasteiger partial charge in [0.2, 0.25) is 0 Å². The molecule has 0 amide bonds. The molecule has 0 aromatic carbocycles. The lowest BCUT2D eigenvalue weighted by Gasteiger charge is -2.32. The van der Waals surface area contributed by atoms with Crippen LogP contribution in [0.15, 0.2) is 22.7 Å². The Labute approximate surface area is 171 Å². The highest BCUT2D eigenvalue weighted by molar-refractivity contribution is 7.99. The Balaban J connectivity index is 1.44. The summed E-state index contributed by atoms with van der Waals surface area (Å²) in [5.41, 5.74) is 0. The molecule has 0 N–H and O–H groups in total. The molecule has 2 aromatic rings. The molecule has 1 unspecified atom stereocenters. The Morgan fingerprint density at radius 2 is 1.96 bits per heavy atom. The van der Waals surface area contributed by atoms with Gasteiger partial charge < -0.3 is 9.47 Å². The van der Waals surface area contributed by atoms with E-state index < -0.39 is 0 Å². The smallest absolute Gasteiger partial charge is 0.191 e. The Bertz CT molecular complexity index is 691. The molecule has 0 radical (unpaired) electrons. The lowest BCUT2D eigenvalue weighted by molar-refractivity contribution is 0.182. The molecule has 1 saturated carbocycles. The lowest BCUT2D eigenvalue weighted by atomic mass is 9.95. The third kappa shape index (κ3) is 4.96. The van der Waals surface area contributed by atoms with E-state index in [9.17, 15) is 0 Å². The fourth-order valence-electron chi connectivity index (χ4n) is 4.60. The standard InChI is InChI=1S/C21H32N4S2/c1-24-13-6-5-8-17(24)12-15-27-21-23-22-20(16-19-11-7-14-26-19)25(21)18-9-3-2-4-10-18/h7,11,14,17-18H,2-6,8-10,12-13,15-16H2,1H3. The molecule has 1 aliphatic heterocycles. The molecule has 27 heavy (non-hydrogen) atoms. The van der Waals surface area contributed by atoms with Crippen LogP contribution in [0.25, 0.3) is 0 Å². The van der Waals surface area contributed by atoms with Crippen molar-refractivity contribution in [2.45, 2.75) is 81.4 Å². The van der Waals surface area contributed by atoms with Crippen LogP contribution in [0.1, 0.15) is 74.5 Å². The monoisotopic (exact) mass is 404 g/mol. The molecule has 0 spiro atoms. The third-order valence-corrected chi connectivity index (χ3v) is 8.04. The van der Waals surface area contributed by atoms with Crippen molar-refractivity contribution < 1.29 is 0 Å². The van der Waals surface area contributed by atoms with E-state index >= 15 is 0 Å². The Morgan fingerprint density at radius 3 is 2.74 bits per heavy atom. The second-order valence-electron chi connectivity index (χ2n) is 8.08. The van der Waals surface area contributed by atoms with Gasteiger partial charge in [0.1, 0.15) is 5.82 Å². The van der Waals surface area contributed by atoms with E-state index in [-0.39, 0.29) is 0 Å². The van der Waals surface area contributed by atoms with Crippen LogP contribution in [0.3, 0.4) is 0 Å². The number of hydrogen-bond donors (Lipinski definition) is 0. The average molecular weight is 405 g/mol. The fourth-order valence-corrected chi connectivity index (χ4v) is 6.36. The van der Waals surface area contributed by atoms with Crippen molar-refractivity contribution in [2.75, 3.05) is 19.3 Å². The van der Waals surface area contributed by atoms with E-state index in [0.29, 0.717) is 6.04 Å². The molecule has 2 aromatic heterocycles. The van der Waals surface area contributed by atoms with Gasteiger partial charge in [-0.1, -0.05) is 43.5 Å². The topological polar surface area (TPSA) is 34.0 Å². The molecule has 1 atom stereocenters. The minimum absolute atomic E-state index is 0.601. The van der Waals surface area contributed by atoms with Gasteiger partial charge in [-0.2, -0.15) is 0 Å². The van der Waals surface area contributed by atoms with E-state index in [1.807, 2.05) is 23.1 Å². The zero-order chi connectivity index (χ0) is 18.5. The number of hydrogen-bond acceptors (Lipinski definition) is 5. The van der Waals surface area contributed by atoms with Gasteiger partial charge in [0.25, 0.3) is 0 Å². The van der Waals surface area contributed by atoms with Gasteiger partial charge in [-0.3, -0.25) is 0 Å². The van der Waals surface area contributed by atoms with Crippen molar-refractivity contribution in [3.05, 3.63) is 28.2 Å². The maximum Gasteiger partial charge on any atom is 0.191 e. The molecule has 2 aliphatic rings. The van der Waals surface area contributed by atoms with E-state index in [1.165, 1.54) is 75.0 Å². The molecular formula is C21H32N4S2. The van der Waals surface area contributed by atoms with Crippen LogP contribution in [-0.2, 0) is 6.42 Å². The normalized spacial score (nSPS) is 22.3. The number of likely N-dealkylation sites (tertiary alicyclic amines) is 1. The van der Waals surface area contributed by atoms with Gasteiger partial charge >= 0.3 is 0 Å². The first-order valence-corrected chi connectivity index (χ1v) is 12.5. The maximum atomic E-state index is 4.64. The summed E-state index contributed by atoms with van der Waals surface area (Å²) in [4.78, 5) is 3.94. The van der Waals surface area contributed by atoms with Gasteiger partial charge in [0.15, 0.2) is 5.16 Å². The number of thiophene rings is 1. The van der Waals surface area contributed by atoms with Crippen molar-refractivity contribution >= 4 is 23.1 Å². The highest BCUT2D eigenvalue weighted by atomic mass is 32.2. The second-order valence-corrected chi connectivity index (χ2v) is 10.2. The largest absolute Gasteiger partial charge is 0.303 e. The van der Waals surface area contributed by atoms with Crippen LogP contribution in [0, 0.1) is 0 Å². The minimum Gasteiger partial charge on any atom is -0.303 e. The highest BCUT2D eigenvalue weighted by Crippen LogP contribution is 2.34. The van der Waals surface area contributed by atoms with Crippen molar-refractivity contribution in [3.63, 3.8) is 0 Å². The van der Waals surface area contributed by atoms with Crippen LogP contribution >= 0.6 is 23.1 Å². The van der Waals surface area contributed by atoms with Gasteiger partial charge in [0.05, 0.1) is 0 Å². The van der Waals surface area contributed by atoms with E-state index in [0.717, 1.165) is 23.4 Å². The van der Waals surface area contributed by atoms with Crippen molar-refractivity contribution in [3.8, 4) is 0 Å². The summed E-state index contributed by atoms with van der Waals surface area (Å²) < 4.78 is 2.51. The second kappa shape index (κ2) is 9.57. The summed E-state index contributed by atoms with van der Waals surface area (Å²) in [6.45, 7) is 1.26. The number of thioether (sulfide) groups is 1. The molecule has 1 saturated heterocycles. The number of nitrogens with zero attached hydrogens (tertiary/aromatic N) is 4. The minimum atomic E-state index is 0.601. The molecule has 0 bridgehead atoms. The SMILES string of the molecule is CN1CCCCC1CCSc1nnc(Cc2cccs2)n1C1CCCCC1. The first kappa shape index (κ1) is 19.5. The summed E-state index contributed by atoms with van der Waals surface area (Å²) in [7, 11) is 2.29. The summed E-state index contributed by atoms with van der Waals surface area (Å²) in [5, 5.41) is 12.6. The predicted molar refractivity (Wildman–Crippen MR) is 115 cm³/mol. The predicted octanol–water partition coefficient (Wildman–Crippen LogP) is 5.40. The van der Waals surface area contributed by atoms with Crippen molar-refractivity contribution in [2.24, 2.45) is 0 Å². The quantitative estimate of drug-likeness (QED) is 0.579. The maximum absolute atomic E-state index is 4.64. The molecule has 4 rings (SSSR count). The van der Waals surface area contributed by atoms with Gasteiger partial charge in [0, 0.05) is 29.1 Å².